The molecule has 0 saturated carbocycles. The highest BCUT2D eigenvalue weighted by molar-refractivity contribution is 5.38. The van der Waals surface area contributed by atoms with E-state index in [1.54, 1.807) is 0 Å². The fourth-order valence-electron chi connectivity index (χ4n) is 4.39. The van der Waals surface area contributed by atoms with E-state index in [1.807, 2.05) is 26.8 Å². The summed E-state index contributed by atoms with van der Waals surface area (Å²) in [6.45, 7) is 12.4. The summed E-state index contributed by atoms with van der Waals surface area (Å²) in [6, 6.07) is 4.11. The van der Waals surface area contributed by atoms with E-state index in [9.17, 15) is 0 Å². The molecule has 2 aliphatic rings. The van der Waals surface area contributed by atoms with Gasteiger partial charge in [0.25, 0.3) is 0 Å². The molecule has 7 heteroatoms. The predicted molar refractivity (Wildman–Crippen MR) is 103 cm³/mol. The number of hydrogen-bond donors (Lipinski definition) is 0. The molecule has 1 atom stereocenters. The summed E-state index contributed by atoms with van der Waals surface area (Å²) in [5.41, 5.74) is 3.30. The van der Waals surface area contributed by atoms with Crippen LogP contribution in [0.25, 0.3) is 0 Å². The van der Waals surface area contributed by atoms with Crippen molar-refractivity contribution in [3.05, 3.63) is 34.8 Å². The van der Waals surface area contributed by atoms with Gasteiger partial charge in [-0.3, -0.25) is 4.90 Å². The second-order valence-corrected chi connectivity index (χ2v) is 8.12. The zero-order chi connectivity index (χ0) is 18.9. The maximum Gasteiger partial charge on any atom is 0.151 e. The van der Waals surface area contributed by atoms with Crippen molar-refractivity contribution >= 4 is 5.82 Å². The molecule has 2 aromatic heterocycles. The minimum absolute atomic E-state index is 0.125. The van der Waals surface area contributed by atoms with Gasteiger partial charge in [-0.05, 0) is 52.3 Å². The normalized spacial score (nSPS) is 24.3. The van der Waals surface area contributed by atoms with Crippen LogP contribution >= 0.6 is 0 Å². The van der Waals surface area contributed by atoms with Gasteiger partial charge in [0, 0.05) is 37.2 Å². The molecule has 2 saturated heterocycles. The van der Waals surface area contributed by atoms with Gasteiger partial charge < -0.3 is 14.2 Å². The minimum atomic E-state index is 0.125. The van der Waals surface area contributed by atoms with Gasteiger partial charge in [0.1, 0.15) is 5.76 Å². The van der Waals surface area contributed by atoms with Crippen molar-refractivity contribution in [2.75, 3.05) is 44.3 Å². The lowest BCUT2D eigenvalue weighted by Crippen LogP contribution is -2.50. The molecule has 4 heterocycles. The average Bonchev–Trinajstić information content (AvgIpc) is 2.86. The summed E-state index contributed by atoms with van der Waals surface area (Å²) in [4.78, 5) is 4.88. The summed E-state index contributed by atoms with van der Waals surface area (Å²) >= 11 is 0. The van der Waals surface area contributed by atoms with E-state index >= 15 is 0 Å². The van der Waals surface area contributed by atoms with Crippen molar-refractivity contribution in [2.24, 2.45) is 5.41 Å². The Labute approximate surface area is 160 Å². The van der Waals surface area contributed by atoms with Crippen molar-refractivity contribution in [2.45, 2.75) is 40.2 Å². The molecule has 0 amide bonds. The molecule has 0 unspecified atom stereocenters. The topological polar surface area (TPSA) is 67.5 Å². The van der Waals surface area contributed by atoms with E-state index in [1.165, 1.54) is 18.4 Å². The Balaban J connectivity index is 1.51. The molecular formula is C20H29N5O2. The van der Waals surface area contributed by atoms with E-state index in [0.29, 0.717) is 0 Å². The molecule has 27 heavy (non-hydrogen) atoms. The molecule has 0 N–H and O–H groups in total. The number of anilines is 1. The van der Waals surface area contributed by atoms with Crippen LogP contribution in [0.5, 0.6) is 0 Å². The summed E-state index contributed by atoms with van der Waals surface area (Å²) in [7, 11) is 0. The number of aryl methyl sites for hydroxylation is 3. The molecule has 0 aromatic carbocycles. The van der Waals surface area contributed by atoms with Gasteiger partial charge in [-0.25, -0.2) is 0 Å². The molecule has 2 aromatic rings. The Morgan fingerprint density at radius 2 is 2.00 bits per heavy atom. The van der Waals surface area contributed by atoms with Gasteiger partial charge in [0.2, 0.25) is 0 Å². The molecule has 0 aliphatic carbocycles. The summed E-state index contributed by atoms with van der Waals surface area (Å²) in [5, 5.41) is 12.8. The number of nitrogens with zero attached hydrogens (tertiary/aromatic N) is 5. The largest absolute Gasteiger partial charge is 0.379 e. The number of ether oxygens (including phenoxy) is 1. The van der Waals surface area contributed by atoms with Crippen molar-refractivity contribution in [1.82, 2.24) is 20.3 Å². The van der Waals surface area contributed by atoms with Crippen LogP contribution in [0.3, 0.4) is 0 Å². The number of aromatic nitrogens is 3. The fraction of sp³-hybridized carbons (Fsp3) is 0.650. The molecule has 2 fully saturated rings. The van der Waals surface area contributed by atoms with E-state index in [-0.39, 0.29) is 5.41 Å². The molecule has 1 spiro atoms. The summed E-state index contributed by atoms with van der Waals surface area (Å²) in [5.74, 6) is 1.88. The third-order valence-corrected chi connectivity index (χ3v) is 5.85. The zero-order valence-corrected chi connectivity index (χ0v) is 16.6. The van der Waals surface area contributed by atoms with Crippen LogP contribution in [0.15, 0.2) is 16.7 Å². The smallest absolute Gasteiger partial charge is 0.151 e. The second kappa shape index (κ2) is 7.56. The zero-order valence-electron chi connectivity index (χ0n) is 16.6. The molecule has 0 radical (unpaired) electrons. The third kappa shape index (κ3) is 3.99. The molecule has 7 nitrogen and oxygen atoms in total. The maximum atomic E-state index is 6.05. The van der Waals surface area contributed by atoms with Crippen molar-refractivity contribution in [1.29, 1.82) is 0 Å². The third-order valence-electron chi connectivity index (χ3n) is 5.85. The highest BCUT2D eigenvalue weighted by Gasteiger charge is 2.39. The van der Waals surface area contributed by atoms with E-state index in [0.717, 1.165) is 68.9 Å². The van der Waals surface area contributed by atoms with E-state index in [4.69, 9.17) is 9.26 Å². The quantitative estimate of drug-likeness (QED) is 0.821. The lowest BCUT2D eigenvalue weighted by atomic mass is 9.80. The van der Waals surface area contributed by atoms with Gasteiger partial charge >= 0.3 is 0 Å². The molecule has 4 rings (SSSR count). The fourth-order valence-corrected chi connectivity index (χ4v) is 4.39. The number of piperidine rings is 1. The first-order valence-corrected chi connectivity index (χ1v) is 9.82. The van der Waals surface area contributed by atoms with E-state index in [2.05, 4.69) is 31.2 Å². The summed E-state index contributed by atoms with van der Waals surface area (Å²) in [6.07, 6.45) is 2.36. The first kappa shape index (κ1) is 18.4. The summed E-state index contributed by atoms with van der Waals surface area (Å²) < 4.78 is 11.4. The van der Waals surface area contributed by atoms with Crippen LogP contribution in [0, 0.1) is 26.2 Å². The molecule has 2 aliphatic heterocycles. The highest BCUT2D eigenvalue weighted by atomic mass is 16.5. The van der Waals surface area contributed by atoms with Gasteiger partial charge in [-0.1, -0.05) is 5.16 Å². The lowest BCUT2D eigenvalue weighted by molar-refractivity contribution is 0.0105. The Kier molecular flexibility index (Phi) is 5.14. The first-order valence-electron chi connectivity index (χ1n) is 9.82. The Morgan fingerprint density at radius 3 is 2.74 bits per heavy atom. The second-order valence-electron chi connectivity index (χ2n) is 8.12. The lowest BCUT2D eigenvalue weighted by Gasteiger charge is -2.43. The van der Waals surface area contributed by atoms with Crippen LogP contribution < -0.4 is 4.90 Å². The molecule has 146 valence electrons. The van der Waals surface area contributed by atoms with E-state index < -0.39 is 0 Å². The highest BCUT2D eigenvalue weighted by Crippen LogP contribution is 2.35. The van der Waals surface area contributed by atoms with Gasteiger partial charge in [-0.15, -0.1) is 5.10 Å². The minimum Gasteiger partial charge on any atom is -0.379 e. The van der Waals surface area contributed by atoms with Crippen LogP contribution in [-0.4, -0.2) is 59.6 Å². The maximum absolute atomic E-state index is 6.05. The SMILES string of the molecule is Cc1ccc(N2CCOC[C@@]3(CCCN(Cc4c(C)noc4C)C3)C2)nn1. The monoisotopic (exact) mass is 371 g/mol. The van der Waals surface area contributed by atoms with Gasteiger partial charge in [0.15, 0.2) is 5.82 Å². The predicted octanol–water partition coefficient (Wildman–Crippen LogP) is 2.51. The molecular weight excluding hydrogens is 342 g/mol. The van der Waals surface area contributed by atoms with Crippen molar-refractivity contribution < 1.29 is 9.26 Å². The average molecular weight is 371 g/mol. The Bertz CT molecular complexity index is 756. The number of rotatable bonds is 3. The first-order chi connectivity index (χ1) is 13.0. The van der Waals surface area contributed by atoms with Gasteiger partial charge in [-0.2, -0.15) is 5.10 Å². The van der Waals surface area contributed by atoms with Crippen LogP contribution in [-0.2, 0) is 11.3 Å². The number of likely N-dealkylation sites (tertiary alicyclic amines) is 1. The van der Waals surface area contributed by atoms with Crippen LogP contribution in [0.4, 0.5) is 5.82 Å². The Morgan fingerprint density at radius 1 is 1.11 bits per heavy atom. The van der Waals surface area contributed by atoms with Crippen molar-refractivity contribution in [3.8, 4) is 0 Å². The van der Waals surface area contributed by atoms with Crippen molar-refractivity contribution in [3.63, 3.8) is 0 Å². The van der Waals surface area contributed by atoms with Crippen LogP contribution in [0.1, 0.15) is 35.6 Å². The standard InChI is InChI=1S/C20H29N5O2/c1-15-5-6-19(22-21-15)25-9-10-26-14-20(13-25)7-4-8-24(12-20)11-18-16(2)23-27-17(18)3/h5-6H,4,7-14H2,1-3H3/t20-/m1/s1. The number of hydrogen-bond acceptors (Lipinski definition) is 7. The van der Waals surface area contributed by atoms with Crippen LogP contribution in [0.2, 0.25) is 0 Å². The Hall–Kier alpha value is -1.99. The van der Waals surface area contributed by atoms with Gasteiger partial charge in [0.05, 0.1) is 24.6 Å². The molecule has 0 bridgehead atoms.